The van der Waals surface area contributed by atoms with Gasteiger partial charge in [0.15, 0.2) is 0 Å². The van der Waals surface area contributed by atoms with Gasteiger partial charge in [0.2, 0.25) is 5.91 Å². The molecule has 2 fully saturated rings. The summed E-state index contributed by atoms with van der Waals surface area (Å²) in [6, 6.07) is 2.33. The molecular formula is C16H19BrN4OS. The number of hydrogen-bond acceptors (Lipinski definition) is 5. The summed E-state index contributed by atoms with van der Waals surface area (Å²) in [4.78, 5) is 24.2. The van der Waals surface area contributed by atoms with Crippen LogP contribution in [-0.2, 0) is 4.79 Å². The molecule has 4 rings (SSSR count). The molecule has 5 nitrogen and oxygen atoms in total. The van der Waals surface area contributed by atoms with Crippen LogP contribution < -0.4 is 5.32 Å². The van der Waals surface area contributed by atoms with E-state index in [1.165, 1.54) is 12.8 Å². The van der Waals surface area contributed by atoms with Crippen molar-refractivity contribution in [2.24, 2.45) is 5.92 Å². The molecule has 1 aliphatic heterocycles. The number of anilines is 1. The van der Waals surface area contributed by atoms with E-state index in [-0.39, 0.29) is 12.0 Å². The minimum absolute atomic E-state index is 0.271. The average Bonchev–Trinajstić information content (AvgIpc) is 3.26. The number of likely N-dealkylation sites (tertiary alicyclic amines) is 1. The van der Waals surface area contributed by atoms with Crippen LogP contribution in [0.3, 0.4) is 0 Å². The van der Waals surface area contributed by atoms with Crippen LogP contribution in [0.15, 0.2) is 16.2 Å². The molecule has 0 radical (unpaired) electrons. The molecule has 1 amide bonds. The Labute approximate surface area is 147 Å². The van der Waals surface area contributed by atoms with Crippen LogP contribution in [0.5, 0.6) is 0 Å². The third kappa shape index (κ3) is 3.08. The summed E-state index contributed by atoms with van der Waals surface area (Å²) in [6.07, 6.45) is 7.14. The molecular weight excluding hydrogens is 376 g/mol. The lowest BCUT2D eigenvalue weighted by atomic mass is 10.1. The quantitative estimate of drug-likeness (QED) is 0.862. The number of aromatic nitrogens is 2. The van der Waals surface area contributed by atoms with E-state index >= 15 is 0 Å². The van der Waals surface area contributed by atoms with Crippen molar-refractivity contribution in [1.82, 2.24) is 14.9 Å². The summed E-state index contributed by atoms with van der Waals surface area (Å²) in [5.41, 5.74) is 0. The largest absolute Gasteiger partial charge is 0.365 e. The second kappa shape index (κ2) is 6.36. The van der Waals surface area contributed by atoms with Gasteiger partial charge in [-0.05, 0) is 41.3 Å². The lowest BCUT2D eigenvalue weighted by molar-refractivity contribution is -0.134. The zero-order valence-corrected chi connectivity index (χ0v) is 15.2. The number of carbonyl (C=O) groups is 1. The molecule has 0 bridgehead atoms. The summed E-state index contributed by atoms with van der Waals surface area (Å²) >= 11 is 5.12. The molecule has 2 aromatic heterocycles. The molecule has 2 aliphatic rings. The summed E-state index contributed by atoms with van der Waals surface area (Å²) in [7, 11) is 0. The Kier molecular flexibility index (Phi) is 4.24. The summed E-state index contributed by atoms with van der Waals surface area (Å²) in [5.74, 6) is 1.50. The van der Waals surface area contributed by atoms with Crippen molar-refractivity contribution >= 4 is 49.2 Å². The average molecular weight is 395 g/mol. The van der Waals surface area contributed by atoms with Crippen molar-refractivity contribution in [1.29, 1.82) is 0 Å². The van der Waals surface area contributed by atoms with Crippen molar-refractivity contribution in [3.63, 3.8) is 0 Å². The molecule has 1 aliphatic carbocycles. The molecule has 1 N–H and O–H groups in total. The molecule has 2 aromatic rings. The Bertz CT molecular complexity index is 728. The summed E-state index contributed by atoms with van der Waals surface area (Å²) in [6.45, 7) is 1.64. The first kappa shape index (κ1) is 15.3. The highest BCUT2D eigenvalue weighted by Crippen LogP contribution is 2.33. The van der Waals surface area contributed by atoms with Gasteiger partial charge in [0.05, 0.1) is 9.17 Å². The molecule has 3 heterocycles. The second-order valence-electron chi connectivity index (χ2n) is 6.39. The zero-order valence-electron chi connectivity index (χ0n) is 12.8. The van der Waals surface area contributed by atoms with E-state index in [1.807, 2.05) is 4.90 Å². The lowest BCUT2D eigenvalue weighted by Crippen LogP contribution is -2.35. The minimum atomic E-state index is 0.271. The number of hydrogen-bond donors (Lipinski definition) is 1. The summed E-state index contributed by atoms with van der Waals surface area (Å²) in [5, 5.41) is 4.56. The predicted octanol–water partition coefficient (Wildman–Crippen LogP) is 3.66. The van der Waals surface area contributed by atoms with Gasteiger partial charge < -0.3 is 10.2 Å². The fraction of sp³-hybridized carbons (Fsp3) is 0.562. The number of amides is 1. The van der Waals surface area contributed by atoms with Crippen LogP contribution >= 0.6 is 27.3 Å². The standard InChI is InChI=1S/C16H19BrN4OS/c17-13-7-12-14(18-9-19-15(12)23-13)20-11-5-6-21(8-11)16(22)10-3-1-2-4-10/h7,9-11H,1-6,8H2,(H,18,19,20)/t11-/m0/s1. The van der Waals surface area contributed by atoms with Crippen LogP contribution in [0.2, 0.25) is 0 Å². The smallest absolute Gasteiger partial charge is 0.225 e. The molecule has 1 saturated heterocycles. The van der Waals surface area contributed by atoms with E-state index in [0.717, 1.165) is 52.2 Å². The fourth-order valence-electron chi connectivity index (χ4n) is 3.64. The third-order valence-corrected chi connectivity index (χ3v) is 6.39. The normalized spacial score (nSPS) is 22.1. The zero-order chi connectivity index (χ0) is 15.8. The fourth-order valence-corrected chi connectivity index (χ4v) is 5.06. The van der Waals surface area contributed by atoms with Crippen molar-refractivity contribution in [2.75, 3.05) is 18.4 Å². The number of halogens is 1. The molecule has 0 spiro atoms. The number of rotatable bonds is 3. The number of thiophene rings is 1. The highest BCUT2D eigenvalue weighted by Gasteiger charge is 2.32. The third-order valence-electron chi connectivity index (χ3n) is 4.84. The van der Waals surface area contributed by atoms with Gasteiger partial charge in [0.1, 0.15) is 17.0 Å². The minimum Gasteiger partial charge on any atom is -0.365 e. The predicted molar refractivity (Wildman–Crippen MR) is 95.7 cm³/mol. The highest BCUT2D eigenvalue weighted by molar-refractivity contribution is 9.11. The van der Waals surface area contributed by atoms with Crippen LogP contribution in [-0.4, -0.2) is 39.9 Å². The van der Waals surface area contributed by atoms with E-state index in [0.29, 0.717) is 5.91 Å². The number of nitrogens with zero attached hydrogens (tertiary/aromatic N) is 3. The van der Waals surface area contributed by atoms with E-state index < -0.39 is 0 Å². The van der Waals surface area contributed by atoms with Crippen LogP contribution in [0.4, 0.5) is 5.82 Å². The first-order chi connectivity index (χ1) is 11.2. The monoisotopic (exact) mass is 394 g/mol. The Hall–Kier alpha value is -1.21. The van der Waals surface area contributed by atoms with E-state index in [1.54, 1.807) is 17.7 Å². The SMILES string of the molecule is O=C(C1CCCC1)N1CC[C@H](Nc2ncnc3sc(Br)cc23)C1. The number of carbonyl (C=O) groups excluding carboxylic acids is 1. The van der Waals surface area contributed by atoms with Crippen LogP contribution in [0, 0.1) is 5.92 Å². The molecule has 122 valence electrons. The second-order valence-corrected chi connectivity index (χ2v) is 8.80. The van der Waals surface area contributed by atoms with Gasteiger partial charge in [-0.25, -0.2) is 9.97 Å². The maximum absolute atomic E-state index is 12.5. The number of fused-ring (bicyclic) bond motifs is 1. The first-order valence-corrected chi connectivity index (χ1v) is 9.77. The van der Waals surface area contributed by atoms with E-state index in [9.17, 15) is 4.79 Å². The molecule has 1 saturated carbocycles. The molecule has 0 aromatic carbocycles. The van der Waals surface area contributed by atoms with Crippen molar-refractivity contribution in [3.8, 4) is 0 Å². The van der Waals surface area contributed by atoms with Gasteiger partial charge in [-0.3, -0.25) is 4.79 Å². The Morgan fingerprint density at radius 3 is 2.96 bits per heavy atom. The van der Waals surface area contributed by atoms with Gasteiger partial charge >= 0.3 is 0 Å². The van der Waals surface area contributed by atoms with Crippen molar-refractivity contribution < 1.29 is 4.79 Å². The highest BCUT2D eigenvalue weighted by atomic mass is 79.9. The van der Waals surface area contributed by atoms with E-state index in [2.05, 4.69) is 37.3 Å². The molecule has 7 heteroatoms. The maximum Gasteiger partial charge on any atom is 0.225 e. The van der Waals surface area contributed by atoms with Crippen molar-refractivity contribution in [2.45, 2.75) is 38.1 Å². The summed E-state index contributed by atoms with van der Waals surface area (Å²) < 4.78 is 1.06. The van der Waals surface area contributed by atoms with Gasteiger partial charge in [-0.15, -0.1) is 11.3 Å². The lowest BCUT2D eigenvalue weighted by Gasteiger charge is -2.21. The molecule has 1 atom stereocenters. The Morgan fingerprint density at radius 1 is 1.30 bits per heavy atom. The number of nitrogens with one attached hydrogen (secondary N) is 1. The van der Waals surface area contributed by atoms with Crippen LogP contribution in [0.1, 0.15) is 32.1 Å². The van der Waals surface area contributed by atoms with E-state index in [4.69, 9.17) is 0 Å². The Morgan fingerprint density at radius 2 is 2.13 bits per heavy atom. The van der Waals surface area contributed by atoms with Crippen molar-refractivity contribution in [3.05, 3.63) is 16.2 Å². The Balaban J connectivity index is 1.44. The van der Waals surface area contributed by atoms with Gasteiger partial charge in [0.25, 0.3) is 0 Å². The van der Waals surface area contributed by atoms with Crippen LogP contribution in [0.25, 0.3) is 10.2 Å². The first-order valence-electron chi connectivity index (χ1n) is 8.16. The van der Waals surface area contributed by atoms with Gasteiger partial charge in [0, 0.05) is 25.0 Å². The topological polar surface area (TPSA) is 58.1 Å². The molecule has 23 heavy (non-hydrogen) atoms. The van der Waals surface area contributed by atoms with Gasteiger partial charge in [-0.1, -0.05) is 12.8 Å². The maximum atomic E-state index is 12.5. The molecule has 0 unspecified atom stereocenters. The van der Waals surface area contributed by atoms with Gasteiger partial charge in [-0.2, -0.15) is 0 Å².